The molecule has 0 atom stereocenters. The number of anilines is 1. The smallest absolute Gasteiger partial charge is 0.220 e. The number of nitrogens with zero attached hydrogens (tertiary/aromatic N) is 4. The van der Waals surface area contributed by atoms with Gasteiger partial charge >= 0.3 is 0 Å². The van der Waals surface area contributed by atoms with Crippen LogP contribution in [0.4, 0.5) is 20.3 Å². The van der Waals surface area contributed by atoms with Gasteiger partial charge in [-0.25, -0.2) is 23.7 Å². The first-order valence-electron chi connectivity index (χ1n) is 9.15. The summed E-state index contributed by atoms with van der Waals surface area (Å²) < 4.78 is 45.2. The van der Waals surface area contributed by atoms with E-state index in [9.17, 15) is 8.78 Å². The molecule has 2 N–H and O–H groups in total. The van der Waals surface area contributed by atoms with Crippen molar-refractivity contribution >= 4 is 23.7 Å². The molecule has 10 heteroatoms. The Morgan fingerprint density at radius 2 is 1.80 bits per heavy atom. The van der Waals surface area contributed by atoms with E-state index in [-0.39, 0.29) is 34.8 Å². The largest absolute Gasteiger partial charge is 0.494 e. The van der Waals surface area contributed by atoms with E-state index >= 15 is 0 Å². The maximum absolute atomic E-state index is 14.9. The quantitative estimate of drug-likeness (QED) is 0.572. The van der Waals surface area contributed by atoms with E-state index in [4.69, 9.17) is 19.9 Å². The normalized spacial score (nSPS) is 14.9. The number of hydrogen-bond donors (Lipinski definition) is 1. The monoisotopic (exact) mass is 419 g/mol. The zero-order valence-electron chi connectivity index (χ0n) is 17.1. The fourth-order valence-electron chi connectivity index (χ4n) is 3.06. The van der Waals surface area contributed by atoms with Crippen LogP contribution in [-0.2, 0) is 4.74 Å². The van der Waals surface area contributed by atoms with Crippen LogP contribution in [0, 0.1) is 11.6 Å². The molecule has 30 heavy (non-hydrogen) atoms. The molecule has 0 unspecified atom stereocenters. The number of aromatic nitrogens is 1. The van der Waals surface area contributed by atoms with Crippen LogP contribution < -0.4 is 20.1 Å². The standard InChI is InChI=1S/C20H23F2N5O3/c1-5-24-20(23)26-13-7-6-12(25-19(13)27-9-11(10-27)28-2)16-17(21)14(29-3)8-15(30-4)18(16)22/h5-8,11H,9-10H2,1-4H3,(H2,23,26)/b24-5-. The summed E-state index contributed by atoms with van der Waals surface area (Å²) in [6.07, 6.45) is 1.54. The lowest BCUT2D eigenvalue weighted by molar-refractivity contribution is 0.0784. The van der Waals surface area contributed by atoms with Gasteiger partial charge in [0.1, 0.15) is 5.69 Å². The van der Waals surface area contributed by atoms with Gasteiger partial charge in [-0.05, 0) is 19.1 Å². The summed E-state index contributed by atoms with van der Waals surface area (Å²) in [6, 6.07) is 4.19. The first kappa shape index (κ1) is 21.4. The Balaban J connectivity index is 2.15. The van der Waals surface area contributed by atoms with Gasteiger partial charge < -0.3 is 24.8 Å². The predicted molar refractivity (Wildman–Crippen MR) is 111 cm³/mol. The Hall–Kier alpha value is -3.27. The fraction of sp³-hybridized carbons (Fsp3) is 0.350. The molecule has 3 rings (SSSR count). The van der Waals surface area contributed by atoms with Crippen molar-refractivity contribution in [2.75, 3.05) is 39.3 Å². The highest BCUT2D eigenvalue weighted by atomic mass is 19.1. The van der Waals surface area contributed by atoms with Crippen molar-refractivity contribution in [3.05, 3.63) is 29.8 Å². The second-order valence-electron chi connectivity index (χ2n) is 6.44. The molecule has 0 aliphatic carbocycles. The third-order valence-corrected chi connectivity index (χ3v) is 4.66. The second-order valence-corrected chi connectivity index (χ2v) is 6.44. The minimum absolute atomic E-state index is 0.0312. The minimum Gasteiger partial charge on any atom is -0.494 e. The lowest BCUT2D eigenvalue weighted by Crippen LogP contribution is -2.52. The molecular weight excluding hydrogens is 396 g/mol. The molecule has 1 saturated heterocycles. The molecule has 2 aromatic rings. The topological polar surface area (TPSA) is 94.6 Å². The van der Waals surface area contributed by atoms with Gasteiger partial charge in [-0.15, -0.1) is 0 Å². The molecular formula is C20H23F2N5O3. The summed E-state index contributed by atoms with van der Waals surface area (Å²) in [7, 11) is 4.20. The molecule has 0 spiro atoms. The molecule has 1 aromatic carbocycles. The van der Waals surface area contributed by atoms with Crippen LogP contribution in [0.2, 0.25) is 0 Å². The number of hydrogen-bond acceptors (Lipinski definition) is 6. The SMILES string of the molecule is C/C=N\C(N)=N/c1ccc(-c2c(F)c(OC)cc(OC)c2F)nc1N1CC(OC)C1. The minimum atomic E-state index is -0.876. The molecule has 0 saturated carbocycles. The highest BCUT2D eigenvalue weighted by molar-refractivity contribution is 5.89. The van der Waals surface area contributed by atoms with Crippen molar-refractivity contribution in [1.29, 1.82) is 0 Å². The summed E-state index contributed by atoms with van der Waals surface area (Å²) in [6.45, 7) is 2.82. The Morgan fingerprint density at radius 3 is 2.33 bits per heavy atom. The van der Waals surface area contributed by atoms with Gasteiger partial charge in [0.2, 0.25) is 5.96 Å². The maximum Gasteiger partial charge on any atom is 0.220 e. The number of rotatable bonds is 6. The Morgan fingerprint density at radius 1 is 1.17 bits per heavy atom. The molecule has 0 radical (unpaired) electrons. The van der Waals surface area contributed by atoms with E-state index in [0.29, 0.717) is 24.6 Å². The van der Waals surface area contributed by atoms with E-state index < -0.39 is 11.6 Å². The van der Waals surface area contributed by atoms with E-state index in [1.165, 1.54) is 26.5 Å². The summed E-state index contributed by atoms with van der Waals surface area (Å²) in [5.74, 6) is -1.61. The number of methoxy groups -OCH3 is 3. The van der Waals surface area contributed by atoms with Gasteiger partial charge in [0.15, 0.2) is 29.0 Å². The number of guanidine groups is 1. The summed E-state index contributed by atoms with van der Waals surface area (Å²) in [5, 5.41) is 0. The van der Waals surface area contributed by atoms with Gasteiger partial charge in [0.25, 0.3) is 0 Å². The third-order valence-electron chi connectivity index (χ3n) is 4.66. The Labute approximate surface area is 173 Å². The molecule has 2 heterocycles. The van der Waals surface area contributed by atoms with Crippen molar-refractivity contribution in [3.8, 4) is 22.8 Å². The first-order chi connectivity index (χ1) is 14.4. The van der Waals surface area contributed by atoms with Crippen molar-refractivity contribution in [3.63, 3.8) is 0 Å². The van der Waals surface area contributed by atoms with E-state index in [1.54, 1.807) is 20.1 Å². The molecule has 1 fully saturated rings. The van der Waals surface area contributed by atoms with E-state index in [0.717, 1.165) is 6.07 Å². The van der Waals surface area contributed by atoms with Crippen LogP contribution in [0.15, 0.2) is 28.2 Å². The van der Waals surface area contributed by atoms with Gasteiger partial charge in [0.05, 0.1) is 31.6 Å². The summed E-state index contributed by atoms with van der Waals surface area (Å²) >= 11 is 0. The van der Waals surface area contributed by atoms with Crippen molar-refractivity contribution in [2.45, 2.75) is 13.0 Å². The number of aliphatic imine (C=N–C) groups is 2. The van der Waals surface area contributed by atoms with Gasteiger partial charge in [-0.1, -0.05) is 0 Å². The molecule has 8 nitrogen and oxygen atoms in total. The second kappa shape index (κ2) is 9.04. The third kappa shape index (κ3) is 4.04. The van der Waals surface area contributed by atoms with Crippen LogP contribution in [0.5, 0.6) is 11.5 Å². The van der Waals surface area contributed by atoms with Gasteiger partial charge in [-0.3, -0.25) is 0 Å². The molecule has 1 aliphatic heterocycles. The average Bonchev–Trinajstić information content (AvgIpc) is 2.69. The van der Waals surface area contributed by atoms with Crippen molar-refractivity contribution < 1.29 is 23.0 Å². The van der Waals surface area contributed by atoms with Crippen LogP contribution in [-0.4, -0.2) is 57.7 Å². The van der Waals surface area contributed by atoms with Gasteiger partial charge in [0, 0.05) is 32.5 Å². The van der Waals surface area contributed by atoms with Crippen LogP contribution in [0.25, 0.3) is 11.3 Å². The number of halogens is 2. The Bertz CT molecular complexity index is 963. The number of benzene rings is 1. The number of nitrogens with two attached hydrogens (primary N) is 1. The molecule has 1 aromatic heterocycles. The van der Waals surface area contributed by atoms with Crippen molar-refractivity contribution in [2.24, 2.45) is 15.7 Å². The first-order valence-corrected chi connectivity index (χ1v) is 9.15. The number of pyridine rings is 1. The van der Waals surface area contributed by atoms with E-state index in [2.05, 4.69) is 15.0 Å². The lowest BCUT2D eigenvalue weighted by Gasteiger charge is -2.39. The number of ether oxygens (including phenoxy) is 3. The lowest BCUT2D eigenvalue weighted by atomic mass is 10.1. The molecule has 0 bridgehead atoms. The highest BCUT2D eigenvalue weighted by Gasteiger charge is 2.31. The van der Waals surface area contributed by atoms with Crippen LogP contribution in [0.1, 0.15) is 6.92 Å². The van der Waals surface area contributed by atoms with Crippen LogP contribution >= 0.6 is 0 Å². The maximum atomic E-state index is 14.9. The molecule has 160 valence electrons. The predicted octanol–water partition coefficient (Wildman–Crippen LogP) is 2.92. The molecule has 1 aliphatic rings. The molecule has 0 amide bonds. The average molecular weight is 419 g/mol. The van der Waals surface area contributed by atoms with Crippen LogP contribution in [0.3, 0.4) is 0 Å². The fourth-order valence-corrected chi connectivity index (χ4v) is 3.06. The Kier molecular flexibility index (Phi) is 6.46. The zero-order valence-corrected chi connectivity index (χ0v) is 17.1. The summed E-state index contributed by atoms with van der Waals surface area (Å²) in [4.78, 5) is 14.6. The van der Waals surface area contributed by atoms with Crippen molar-refractivity contribution in [1.82, 2.24) is 4.98 Å². The van der Waals surface area contributed by atoms with Gasteiger partial charge in [-0.2, -0.15) is 0 Å². The zero-order chi connectivity index (χ0) is 21.8. The van der Waals surface area contributed by atoms with E-state index in [1.807, 2.05) is 4.90 Å². The summed E-state index contributed by atoms with van der Waals surface area (Å²) in [5.41, 5.74) is 5.93. The highest BCUT2D eigenvalue weighted by Crippen LogP contribution is 2.39.